The fourth-order valence-electron chi connectivity index (χ4n) is 2.44. The molecular formula is C20H20N6O. The first-order chi connectivity index (χ1) is 13.2. The van der Waals surface area contributed by atoms with Crippen LogP contribution in [0.15, 0.2) is 60.0 Å². The molecule has 0 fully saturated rings. The Balaban J connectivity index is 1.73. The molecule has 0 unspecified atom stereocenters. The molecule has 0 amide bonds. The zero-order chi connectivity index (χ0) is 19.1. The lowest BCUT2D eigenvalue weighted by Gasteiger charge is -2.09. The van der Waals surface area contributed by atoms with Crippen molar-refractivity contribution in [3.8, 4) is 17.0 Å². The second-order valence-corrected chi connectivity index (χ2v) is 5.65. The summed E-state index contributed by atoms with van der Waals surface area (Å²) in [6, 6.07) is 9.19. The summed E-state index contributed by atoms with van der Waals surface area (Å²) in [5, 5.41) is 11.2. The van der Waals surface area contributed by atoms with Crippen molar-refractivity contribution in [3.63, 3.8) is 0 Å². The van der Waals surface area contributed by atoms with E-state index in [0.717, 1.165) is 11.3 Å². The Labute approximate surface area is 157 Å². The molecule has 3 N–H and O–H groups in total. The van der Waals surface area contributed by atoms with Gasteiger partial charge in [0, 0.05) is 23.5 Å². The van der Waals surface area contributed by atoms with Crippen LogP contribution < -0.4 is 10.1 Å². The van der Waals surface area contributed by atoms with E-state index in [1.807, 2.05) is 18.2 Å². The van der Waals surface area contributed by atoms with E-state index in [0.29, 0.717) is 35.3 Å². The maximum atomic E-state index is 8.28. The zero-order valence-electron chi connectivity index (χ0n) is 14.9. The minimum absolute atomic E-state index is 0.335. The topological polar surface area (TPSA) is 99.0 Å². The van der Waals surface area contributed by atoms with E-state index in [1.165, 1.54) is 0 Å². The van der Waals surface area contributed by atoms with Crippen molar-refractivity contribution in [2.75, 3.05) is 13.8 Å². The van der Waals surface area contributed by atoms with E-state index in [-0.39, 0.29) is 0 Å². The Morgan fingerprint density at radius 1 is 1.33 bits per heavy atom. The summed E-state index contributed by atoms with van der Waals surface area (Å²) in [6.07, 6.45) is 8.67. The molecule has 0 atom stereocenters. The highest BCUT2D eigenvalue weighted by Gasteiger charge is 2.06. The number of allylic oxidation sites excluding steroid dienone is 1. The summed E-state index contributed by atoms with van der Waals surface area (Å²) < 4.78 is 5.53. The molecule has 7 heteroatoms. The normalized spacial score (nSPS) is 10.9. The molecule has 1 aromatic carbocycles. The van der Waals surface area contributed by atoms with Gasteiger partial charge in [-0.05, 0) is 56.2 Å². The maximum Gasteiger partial charge on any atom is 0.146 e. The second-order valence-electron chi connectivity index (χ2n) is 5.65. The Bertz CT molecular complexity index is 962. The van der Waals surface area contributed by atoms with E-state index in [1.54, 1.807) is 49.9 Å². The van der Waals surface area contributed by atoms with Crippen molar-refractivity contribution in [2.45, 2.75) is 0 Å². The van der Waals surface area contributed by atoms with Crippen LogP contribution in [-0.2, 0) is 0 Å². The van der Waals surface area contributed by atoms with Crippen LogP contribution in [0.5, 0.6) is 5.75 Å². The number of aliphatic imine (C=N–C) groups is 1. The molecule has 0 aliphatic heterocycles. The lowest BCUT2D eigenvalue weighted by Crippen LogP contribution is -2.14. The van der Waals surface area contributed by atoms with Gasteiger partial charge < -0.3 is 15.1 Å². The molecule has 0 aliphatic carbocycles. The van der Waals surface area contributed by atoms with E-state index in [4.69, 9.17) is 10.1 Å². The van der Waals surface area contributed by atoms with Crippen molar-refractivity contribution >= 4 is 24.2 Å². The largest absolute Gasteiger partial charge is 0.476 e. The monoisotopic (exact) mass is 360 g/mol. The number of hydrogen-bond acceptors (Lipinski definition) is 6. The molecule has 136 valence electrons. The van der Waals surface area contributed by atoms with E-state index < -0.39 is 0 Å². The highest BCUT2D eigenvalue weighted by Crippen LogP contribution is 2.28. The molecule has 3 aromatic rings. The molecule has 0 bridgehead atoms. The molecule has 0 radical (unpaired) electrons. The van der Waals surface area contributed by atoms with Gasteiger partial charge in [-0.15, -0.1) is 0 Å². The van der Waals surface area contributed by atoms with Gasteiger partial charge in [0.15, 0.2) is 0 Å². The number of benzene rings is 1. The van der Waals surface area contributed by atoms with Crippen molar-refractivity contribution in [2.24, 2.45) is 4.99 Å². The first kappa shape index (κ1) is 18.2. The third-order valence-electron chi connectivity index (χ3n) is 3.81. The minimum Gasteiger partial charge on any atom is -0.476 e. The number of aromatic nitrogens is 3. The Hall–Kier alpha value is -3.58. The third kappa shape index (κ3) is 4.53. The Morgan fingerprint density at radius 3 is 2.89 bits per heavy atom. The summed E-state index contributed by atoms with van der Waals surface area (Å²) in [6.45, 7) is 3.94. The predicted octanol–water partition coefficient (Wildman–Crippen LogP) is 3.44. The fourth-order valence-corrected chi connectivity index (χ4v) is 2.44. The number of hydrogen-bond donors (Lipinski definition) is 3. The van der Waals surface area contributed by atoms with Gasteiger partial charge in [-0.1, -0.05) is 0 Å². The van der Waals surface area contributed by atoms with Crippen LogP contribution in [-0.4, -0.2) is 41.2 Å². The molecule has 2 aromatic heterocycles. The zero-order valence-corrected chi connectivity index (χ0v) is 14.9. The van der Waals surface area contributed by atoms with Gasteiger partial charge >= 0.3 is 0 Å². The molecule has 0 saturated carbocycles. The van der Waals surface area contributed by atoms with Crippen LogP contribution in [0.1, 0.15) is 11.4 Å². The standard InChI is InChI=1S/C20H20N6O/c1-22-13-27-19-5-3-15(11-17(19)23-2)16(21)4-6-20-25-12-18(26-20)14-7-9-24-10-8-14/h3-12,21-22H,2,13H2,1H3,(H,25,26)/b6-4-,21-16?. The van der Waals surface area contributed by atoms with Crippen molar-refractivity contribution < 1.29 is 4.74 Å². The number of ether oxygens (including phenoxy) is 1. The number of aromatic amines is 1. The van der Waals surface area contributed by atoms with Gasteiger partial charge in [0.05, 0.1) is 17.6 Å². The third-order valence-corrected chi connectivity index (χ3v) is 3.81. The summed E-state index contributed by atoms with van der Waals surface area (Å²) >= 11 is 0. The molecular weight excluding hydrogens is 340 g/mol. The number of H-pyrrole nitrogens is 1. The Kier molecular flexibility index (Phi) is 5.86. The first-order valence-corrected chi connectivity index (χ1v) is 8.32. The average molecular weight is 360 g/mol. The van der Waals surface area contributed by atoms with E-state index in [9.17, 15) is 0 Å². The van der Waals surface area contributed by atoms with Gasteiger partial charge in [-0.3, -0.25) is 15.3 Å². The van der Waals surface area contributed by atoms with Gasteiger partial charge in [0.1, 0.15) is 24.0 Å². The molecule has 0 spiro atoms. The van der Waals surface area contributed by atoms with Gasteiger partial charge in [-0.2, -0.15) is 0 Å². The summed E-state index contributed by atoms with van der Waals surface area (Å²) in [5.41, 5.74) is 3.55. The molecule has 3 rings (SSSR count). The van der Waals surface area contributed by atoms with Gasteiger partial charge in [0.25, 0.3) is 0 Å². The second kappa shape index (κ2) is 8.68. The van der Waals surface area contributed by atoms with Crippen LogP contribution in [0.2, 0.25) is 0 Å². The first-order valence-electron chi connectivity index (χ1n) is 8.32. The number of nitrogens with one attached hydrogen (secondary N) is 3. The van der Waals surface area contributed by atoms with Crippen molar-refractivity contribution in [1.82, 2.24) is 20.3 Å². The summed E-state index contributed by atoms with van der Waals surface area (Å²) in [5.74, 6) is 1.29. The highest BCUT2D eigenvalue weighted by atomic mass is 16.5. The van der Waals surface area contributed by atoms with Crippen LogP contribution in [0.3, 0.4) is 0 Å². The van der Waals surface area contributed by atoms with Crippen LogP contribution in [0.25, 0.3) is 17.3 Å². The number of rotatable bonds is 8. The van der Waals surface area contributed by atoms with Crippen LogP contribution >= 0.6 is 0 Å². The molecule has 27 heavy (non-hydrogen) atoms. The van der Waals surface area contributed by atoms with Crippen LogP contribution in [0, 0.1) is 5.41 Å². The van der Waals surface area contributed by atoms with E-state index >= 15 is 0 Å². The van der Waals surface area contributed by atoms with Crippen molar-refractivity contribution in [1.29, 1.82) is 5.41 Å². The number of pyridine rings is 1. The number of imidazole rings is 1. The average Bonchev–Trinajstić information content (AvgIpc) is 3.20. The van der Waals surface area contributed by atoms with Crippen molar-refractivity contribution in [3.05, 3.63) is 66.4 Å². The summed E-state index contributed by atoms with van der Waals surface area (Å²) in [4.78, 5) is 15.5. The Morgan fingerprint density at radius 2 is 2.15 bits per heavy atom. The highest BCUT2D eigenvalue weighted by molar-refractivity contribution is 6.09. The molecule has 0 aliphatic rings. The summed E-state index contributed by atoms with van der Waals surface area (Å²) in [7, 11) is 1.80. The lowest BCUT2D eigenvalue weighted by atomic mass is 10.1. The van der Waals surface area contributed by atoms with E-state index in [2.05, 4.69) is 32.0 Å². The van der Waals surface area contributed by atoms with Crippen LogP contribution in [0.4, 0.5) is 5.69 Å². The lowest BCUT2D eigenvalue weighted by molar-refractivity contribution is 0.297. The SMILES string of the molecule is C=Nc1cc(C(=N)/C=C\c2ncc(-c3ccncc3)[nH]2)ccc1OCNC. The maximum absolute atomic E-state index is 8.28. The predicted molar refractivity (Wildman–Crippen MR) is 108 cm³/mol. The fraction of sp³-hybridized carbons (Fsp3) is 0.100. The van der Waals surface area contributed by atoms with Gasteiger partial charge in [-0.25, -0.2) is 4.98 Å². The molecule has 7 nitrogen and oxygen atoms in total. The molecule has 2 heterocycles. The minimum atomic E-state index is 0.335. The smallest absolute Gasteiger partial charge is 0.146 e. The quantitative estimate of drug-likeness (QED) is 0.423. The number of nitrogens with zero attached hydrogens (tertiary/aromatic N) is 3. The molecule has 0 saturated heterocycles. The van der Waals surface area contributed by atoms with Gasteiger partial charge in [0.2, 0.25) is 0 Å².